The molecule has 0 saturated heterocycles. The number of rotatable bonds is 2. The zero-order valence-electron chi connectivity index (χ0n) is 16.0. The predicted molar refractivity (Wildman–Crippen MR) is 112 cm³/mol. The largest absolute Gasteiger partial charge is 0.310 e. The summed E-state index contributed by atoms with van der Waals surface area (Å²) in [6, 6.07) is 14.6. The molecule has 0 radical (unpaired) electrons. The van der Waals surface area contributed by atoms with Gasteiger partial charge in [0.1, 0.15) is 5.82 Å². The van der Waals surface area contributed by atoms with Gasteiger partial charge in [-0.25, -0.2) is 4.98 Å². The van der Waals surface area contributed by atoms with E-state index in [1.54, 1.807) is 16.0 Å². The Morgan fingerprint density at radius 3 is 2.75 bits per heavy atom. The predicted octanol–water partition coefficient (Wildman–Crippen LogP) is 4.88. The van der Waals surface area contributed by atoms with Gasteiger partial charge >= 0.3 is 0 Å². The molecule has 140 valence electrons. The summed E-state index contributed by atoms with van der Waals surface area (Å²) in [5.41, 5.74) is 6.51. The molecule has 2 aromatic heterocycles. The van der Waals surface area contributed by atoms with Gasteiger partial charge in [0, 0.05) is 17.9 Å². The van der Waals surface area contributed by atoms with Crippen molar-refractivity contribution in [3.05, 3.63) is 70.4 Å². The van der Waals surface area contributed by atoms with Gasteiger partial charge in [0.15, 0.2) is 0 Å². The third kappa shape index (κ3) is 2.72. The maximum absolute atomic E-state index is 12.5. The highest BCUT2D eigenvalue weighted by molar-refractivity contribution is 7.20. The van der Waals surface area contributed by atoms with Crippen molar-refractivity contribution in [2.24, 2.45) is 0 Å². The van der Waals surface area contributed by atoms with Crippen LogP contribution in [0.4, 0.5) is 5.82 Å². The molecule has 0 aliphatic carbocycles. The van der Waals surface area contributed by atoms with Gasteiger partial charge in [-0.1, -0.05) is 47.2 Å². The maximum Gasteiger partial charge on any atom is 0.226 e. The quantitative estimate of drug-likeness (QED) is 0.532. The Morgan fingerprint density at radius 1 is 1.11 bits per heavy atom. The Kier molecular flexibility index (Phi) is 3.84. The average molecular weight is 388 g/mol. The Balaban J connectivity index is 1.68. The normalized spacial score (nSPS) is 16.2. The standard InChI is InChI=1S/C22H20N4OS/c1-12-5-4-6-15(9-12)16-11-19(27)24-21-20(16)14(3)25-26(21)22-23-17-8-7-13(2)10-18(17)28-22/h4-10,16H,11H2,1-3H3,(H,24,27)/t16-/m1/s1. The lowest BCUT2D eigenvalue weighted by Crippen LogP contribution is -2.25. The maximum atomic E-state index is 12.5. The molecule has 2 aromatic carbocycles. The molecular weight excluding hydrogens is 368 g/mol. The molecule has 4 aromatic rings. The van der Waals surface area contributed by atoms with Crippen LogP contribution >= 0.6 is 11.3 Å². The minimum atomic E-state index is 0.00835. The fraction of sp³-hybridized carbons (Fsp3) is 0.227. The Morgan fingerprint density at radius 2 is 1.93 bits per heavy atom. The number of aromatic nitrogens is 3. The van der Waals surface area contributed by atoms with Gasteiger partial charge in [-0.2, -0.15) is 9.78 Å². The zero-order valence-corrected chi connectivity index (χ0v) is 16.8. The van der Waals surface area contributed by atoms with E-state index in [0.29, 0.717) is 6.42 Å². The summed E-state index contributed by atoms with van der Waals surface area (Å²) in [5.74, 6) is 0.766. The summed E-state index contributed by atoms with van der Waals surface area (Å²) in [4.78, 5) is 17.3. The van der Waals surface area contributed by atoms with Crippen molar-refractivity contribution in [1.29, 1.82) is 0 Å². The minimum absolute atomic E-state index is 0.00835. The van der Waals surface area contributed by atoms with Crippen LogP contribution in [0.1, 0.15) is 40.3 Å². The Labute approximate surface area is 167 Å². The molecule has 5 rings (SSSR count). The molecule has 5 nitrogen and oxygen atoms in total. The smallest absolute Gasteiger partial charge is 0.226 e. The number of anilines is 1. The third-order valence-corrected chi connectivity index (χ3v) is 6.25. The number of carbonyl (C=O) groups excluding carboxylic acids is 1. The number of aryl methyl sites for hydroxylation is 3. The molecule has 0 saturated carbocycles. The fourth-order valence-electron chi connectivity index (χ4n) is 3.97. The van der Waals surface area contributed by atoms with Crippen molar-refractivity contribution < 1.29 is 4.79 Å². The van der Waals surface area contributed by atoms with Gasteiger partial charge in [-0.3, -0.25) is 4.79 Å². The topological polar surface area (TPSA) is 59.8 Å². The zero-order chi connectivity index (χ0) is 19.4. The van der Waals surface area contributed by atoms with E-state index in [1.165, 1.54) is 11.1 Å². The van der Waals surface area contributed by atoms with Gasteiger partial charge in [-0.15, -0.1) is 0 Å². The van der Waals surface area contributed by atoms with E-state index in [4.69, 9.17) is 10.1 Å². The molecule has 1 aliphatic heterocycles. The molecule has 6 heteroatoms. The van der Waals surface area contributed by atoms with Crippen molar-refractivity contribution in [3.63, 3.8) is 0 Å². The second-order valence-corrected chi connectivity index (χ2v) is 8.46. The van der Waals surface area contributed by atoms with Gasteiger partial charge in [-0.05, 0) is 44.0 Å². The highest BCUT2D eigenvalue weighted by Crippen LogP contribution is 2.41. The summed E-state index contributed by atoms with van der Waals surface area (Å²) in [6.07, 6.45) is 0.433. The number of fused-ring (bicyclic) bond motifs is 2. The first-order valence-corrected chi connectivity index (χ1v) is 10.1. The van der Waals surface area contributed by atoms with Crippen LogP contribution in [0.2, 0.25) is 0 Å². The van der Waals surface area contributed by atoms with Crippen LogP contribution in [0.15, 0.2) is 42.5 Å². The number of nitrogens with zero attached hydrogens (tertiary/aromatic N) is 3. The Bertz CT molecular complexity index is 1240. The average Bonchev–Trinajstić information content (AvgIpc) is 3.21. The molecule has 0 spiro atoms. The van der Waals surface area contributed by atoms with Crippen molar-refractivity contribution in [2.75, 3.05) is 5.32 Å². The number of amides is 1. The summed E-state index contributed by atoms with van der Waals surface area (Å²) < 4.78 is 2.92. The van der Waals surface area contributed by atoms with Crippen LogP contribution in [0.25, 0.3) is 15.3 Å². The second-order valence-electron chi connectivity index (χ2n) is 7.45. The molecule has 1 N–H and O–H groups in total. The minimum Gasteiger partial charge on any atom is -0.310 e. The lowest BCUT2D eigenvalue weighted by molar-refractivity contribution is -0.116. The van der Waals surface area contributed by atoms with Gasteiger partial charge in [0.2, 0.25) is 11.0 Å². The first-order chi connectivity index (χ1) is 13.5. The molecule has 0 unspecified atom stereocenters. The third-order valence-electron chi connectivity index (χ3n) is 5.26. The van der Waals surface area contributed by atoms with Crippen LogP contribution in [0.3, 0.4) is 0 Å². The van der Waals surface area contributed by atoms with Crippen molar-refractivity contribution in [2.45, 2.75) is 33.1 Å². The van der Waals surface area contributed by atoms with E-state index in [1.807, 2.05) is 19.1 Å². The first-order valence-electron chi connectivity index (χ1n) is 9.33. The van der Waals surface area contributed by atoms with E-state index in [2.05, 4.69) is 49.5 Å². The van der Waals surface area contributed by atoms with Crippen LogP contribution in [0.5, 0.6) is 0 Å². The van der Waals surface area contributed by atoms with Crippen molar-refractivity contribution in [1.82, 2.24) is 14.8 Å². The number of hydrogen-bond donors (Lipinski definition) is 1. The van der Waals surface area contributed by atoms with E-state index in [9.17, 15) is 4.79 Å². The molecule has 28 heavy (non-hydrogen) atoms. The first kappa shape index (κ1) is 17.1. The summed E-state index contributed by atoms with van der Waals surface area (Å²) in [7, 11) is 0. The van der Waals surface area contributed by atoms with Gasteiger partial charge in [0.25, 0.3) is 0 Å². The van der Waals surface area contributed by atoms with E-state index < -0.39 is 0 Å². The van der Waals surface area contributed by atoms with Gasteiger partial charge in [0.05, 0.1) is 15.9 Å². The molecule has 1 atom stereocenters. The van der Waals surface area contributed by atoms with Crippen LogP contribution in [-0.4, -0.2) is 20.7 Å². The molecule has 0 bridgehead atoms. The lowest BCUT2D eigenvalue weighted by atomic mass is 9.85. The number of nitrogens with one attached hydrogen (secondary N) is 1. The summed E-state index contributed by atoms with van der Waals surface area (Å²) in [5, 5.41) is 8.58. The molecule has 1 aliphatic rings. The highest BCUT2D eigenvalue weighted by Gasteiger charge is 2.33. The number of hydrogen-bond acceptors (Lipinski definition) is 4. The fourth-order valence-corrected chi connectivity index (χ4v) is 4.99. The number of thiazole rings is 1. The van der Waals surface area contributed by atoms with Gasteiger partial charge < -0.3 is 5.32 Å². The SMILES string of the molecule is Cc1cccc([C@H]2CC(=O)Nc3c2c(C)nn3-c2nc3ccc(C)cc3s2)c1. The van der Waals surface area contributed by atoms with Crippen molar-refractivity contribution in [3.8, 4) is 5.13 Å². The molecule has 0 fully saturated rings. The second kappa shape index (κ2) is 6.27. The van der Waals surface area contributed by atoms with Crippen LogP contribution in [0, 0.1) is 20.8 Å². The summed E-state index contributed by atoms with van der Waals surface area (Å²) in [6.45, 7) is 6.16. The lowest BCUT2D eigenvalue weighted by Gasteiger charge is -2.24. The molecular formula is C22H20N4OS. The van der Waals surface area contributed by atoms with Crippen LogP contribution < -0.4 is 5.32 Å². The van der Waals surface area contributed by atoms with E-state index >= 15 is 0 Å². The Hall–Kier alpha value is -2.99. The number of benzene rings is 2. The summed E-state index contributed by atoms with van der Waals surface area (Å²) >= 11 is 1.59. The number of carbonyl (C=O) groups is 1. The molecule has 1 amide bonds. The highest BCUT2D eigenvalue weighted by atomic mass is 32.1. The van der Waals surface area contributed by atoms with Crippen LogP contribution in [-0.2, 0) is 4.79 Å². The van der Waals surface area contributed by atoms with Crippen molar-refractivity contribution >= 4 is 33.3 Å². The van der Waals surface area contributed by atoms with E-state index in [-0.39, 0.29) is 11.8 Å². The monoisotopic (exact) mass is 388 g/mol. The molecule has 3 heterocycles. The van der Waals surface area contributed by atoms with E-state index in [0.717, 1.165) is 38.0 Å².